The van der Waals surface area contributed by atoms with Crippen LogP contribution < -0.4 is 61.9 Å². The minimum atomic E-state index is -0.334. The Morgan fingerprint density at radius 3 is 2.89 bits per heavy atom. The van der Waals surface area contributed by atoms with Gasteiger partial charge in [0, 0.05) is 28.0 Å². The molecule has 0 aliphatic carbocycles. The Balaban J connectivity index is 0.00000180. The van der Waals surface area contributed by atoms with E-state index in [4.69, 9.17) is 11.6 Å². The summed E-state index contributed by atoms with van der Waals surface area (Å²) in [6, 6.07) is 7.38. The summed E-state index contributed by atoms with van der Waals surface area (Å²) in [7, 11) is 0. The van der Waals surface area contributed by atoms with Crippen molar-refractivity contribution in [3.8, 4) is 0 Å². The van der Waals surface area contributed by atoms with Crippen molar-refractivity contribution in [2.75, 3.05) is 0 Å². The molecule has 0 atom stereocenters. The van der Waals surface area contributed by atoms with Gasteiger partial charge in [-0.1, -0.05) is 23.8 Å². The summed E-state index contributed by atoms with van der Waals surface area (Å²) in [6.07, 6.45) is 1.81. The number of hydrazone groups is 1. The van der Waals surface area contributed by atoms with Crippen molar-refractivity contribution in [2.45, 2.75) is 6.54 Å². The zero-order valence-corrected chi connectivity index (χ0v) is 15.7. The van der Waals surface area contributed by atoms with Gasteiger partial charge in [-0.3, -0.25) is 5.43 Å². The van der Waals surface area contributed by atoms with Gasteiger partial charge in [0.25, 0.3) is 0 Å². The van der Waals surface area contributed by atoms with E-state index in [0.29, 0.717) is 5.02 Å². The van der Waals surface area contributed by atoms with Crippen LogP contribution in [0.25, 0.3) is 10.9 Å². The predicted molar refractivity (Wildman–Crippen MR) is 79.1 cm³/mol. The van der Waals surface area contributed by atoms with Crippen LogP contribution in [0.5, 0.6) is 0 Å². The quantitative estimate of drug-likeness (QED) is 0.184. The molecule has 4 nitrogen and oxygen atoms in total. The molecule has 0 aliphatic rings. The van der Waals surface area contributed by atoms with Crippen LogP contribution in [0.1, 0.15) is 0 Å². The van der Waals surface area contributed by atoms with Gasteiger partial charge in [-0.2, -0.15) is 5.10 Å². The van der Waals surface area contributed by atoms with E-state index in [0.717, 1.165) is 10.9 Å². The van der Waals surface area contributed by atoms with Crippen LogP contribution in [0.4, 0.5) is 0 Å². The fourth-order valence-corrected chi connectivity index (χ4v) is 1.88. The third-order valence-corrected chi connectivity index (χ3v) is 2.74. The van der Waals surface area contributed by atoms with Crippen molar-refractivity contribution in [1.82, 2.24) is 9.99 Å². The number of rotatable bonds is 3. The Morgan fingerprint density at radius 2 is 2.21 bits per heavy atom. The molecule has 0 fully saturated rings. The molecule has 0 radical (unpaired) electrons. The number of fused-ring (bicyclic) bond motifs is 1. The largest absolute Gasteiger partial charge is 1.00 e. The fraction of sp³-hybridized carbons (Fsp3) is 0.0909. The van der Waals surface area contributed by atoms with Crippen LogP contribution in [0.15, 0.2) is 35.6 Å². The van der Waals surface area contributed by atoms with Gasteiger partial charge in [0.2, 0.25) is 0 Å². The van der Waals surface area contributed by atoms with Crippen molar-refractivity contribution in [3.05, 3.63) is 35.5 Å². The average Bonchev–Trinajstić information content (AvgIpc) is 2.69. The molecule has 94 valence electrons. The Kier molecular flexibility index (Phi) is 7.34. The topological polar surface area (TPSA) is 52.4 Å². The average molecular weight is 338 g/mol. The van der Waals surface area contributed by atoms with E-state index >= 15 is 0 Å². The Labute approximate surface area is 169 Å². The number of hydrogen-bond donors (Lipinski definition) is 2. The van der Waals surface area contributed by atoms with Gasteiger partial charge in [0.15, 0.2) is 4.32 Å². The molecule has 0 saturated carbocycles. The minimum absolute atomic E-state index is 0. The van der Waals surface area contributed by atoms with Gasteiger partial charge in [0.05, 0.1) is 6.54 Å². The van der Waals surface area contributed by atoms with E-state index in [1.807, 2.05) is 24.4 Å². The monoisotopic (exact) mass is 337 g/mol. The molecule has 2 rings (SSSR count). The van der Waals surface area contributed by atoms with Crippen LogP contribution in [0.2, 0.25) is 5.02 Å². The van der Waals surface area contributed by atoms with Crippen molar-refractivity contribution >= 4 is 57.6 Å². The first-order valence-electron chi connectivity index (χ1n) is 5.03. The van der Waals surface area contributed by atoms with Crippen LogP contribution in [0.3, 0.4) is 0 Å². The van der Waals surface area contributed by atoms with Crippen LogP contribution in [-0.4, -0.2) is 14.8 Å². The number of benzene rings is 1. The maximum Gasteiger partial charge on any atom is 1.00 e. The summed E-state index contributed by atoms with van der Waals surface area (Å²) in [5.41, 5.74) is 3.28. The molecule has 0 bridgehead atoms. The predicted octanol–water partition coefficient (Wildman–Crippen LogP) is -1.22. The smallest absolute Gasteiger partial charge is 0.859 e. The van der Waals surface area contributed by atoms with Gasteiger partial charge < -0.3 is 9.67 Å². The molecule has 0 spiro atoms. The number of thiocarbonyl (C=S) groups is 1. The second kappa shape index (κ2) is 7.99. The second-order valence-corrected chi connectivity index (χ2v) is 5.16. The SMILES string of the molecule is [K+].[O-]/C(Cn1ccc2cc(Cl)ccc21)=N\NC(=S)S. The van der Waals surface area contributed by atoms with E-state index in [1.165, 1.54) is 0 Å². The summed E-state index contributed by atoms with van der Waals surface area (Å²) in [5.74, 6) is -0.334. The zero-order chi connectivity index (χ0) is 13.1. The first-order chi connectivity index (χ1) is 8.56. The third-order valence-electron chi connectivity index (χ3n) is 2.31. The molecule has 1 aromatic carbocycles. The Bertz CT molecular complexity index is 629. The van der Waals surface area contributed by atoms with Crippen molar-refractivity contribution in [2.24, 2.45) is 5.10 Å². The van der Waals surface area contributed by atoms with E-state index in [1.54, 1.807) is 10.6 Å². The summed E-state index contributed by atoms with van der Waals surface area (Å²) >= 11 is 14.3. The van der Waals surface area contributed by atoms with Crippen LogP contribution in [0, 0.1) is 0 Å². The molecule has 2 aromatic rings. The van der Waals surface area contributed by atoms with E-state index in [-0.39, 0.29) is 68.1 Å². The molecule has 1 aromatic heterocycles. The minimum Gasteiger partial charge on any atom is -0.859 e. The second-order valence-electron chi connectivity index (χ2n) is 3.57. The fourth-order valence-electron chi connectivity index (χ4n) is 1.60. The first-order valence-corrected chi connectivity index (χ1v) is 6.26. The summed E-state index contributed by atoms with van der Waals surface area (Å²) < 4.78 is 1.95. The number of nitrogens with one attached hydrogen (secondary N) is 1. The maximum atomic E-state index is 11.6. The number of aromatic nitrogens is 1. The molecule has 1 heterocycles. The molecular formula is C11H9ClKN3OS2. The number of thiol groups is 1. The number of nitrogens with zero attached hydrogens (tertiary/aromatic N) is 2. The normalized spacial score (nSPS) is 11.2. The van der Waals surface area contributed by atoms with E-state index < -0.39 is 0 Å². The van der Waals surface area contributed by atoms with Crippen LogP contribution >= 0.6 is 36.4 Å². The summed E-state index contributed by atoms with van der Waals surface area (Å²) in [4.78, 5) is 0. The first kappa shape index (κ1) is 17.4. The van der Waals surface area contributed by atoms with Gasteiger partial charge >= 0.3 is 51.4 Å². The number of hydrogen-bond acceptors (Lipinski definition) is 3. The van der Waals surface area contributed by atoms with Crippen molar-refractivity contribution in [1.29, 1.82) is 0 Å². The Morgan fingerprint density at radius 1 is 1.47 bits per heavy atom. The molecule has 0 amide bonds. The van der Waals surface area contributed by atoms with E-state index in [2.05, 4.69) is 35.4 Å². The van der Waals surface area contributed by atoms with Crippen molar-refractivity contribution < 1.29 is 56.5 Å². The summed E-state index contributed by atoms with van der Waals surface area (Å²) in [6.45, 7) is 0.133. The molecule has 0 unspecified atom stereocenters. The van der Waals surface area contributed by atoms with Gasteiger partial charge in [-0.15, -0.1) is 12.6 Å². The molecule has 19 heavy (non-hydrogen) atoms. The van der Waals surface area contributed by atoms with Gasteiger partial charge in [-0.25, -0.2) is 0 Å². The zero-order valence-electron chi connectivity index (χ0n) is 10.1. The van der Waals surface area contributed by atoms with Gasteiger partial charge in [0.1, 0.15) is 0 Å². The van der Waals surface area contributed by atoms with Crippen LogP contribution in [-0.2, 0) is 6.54 Å². The van der Waals surface area contributed by atoms with E-state index in [9.17, 15) is 5.11 Å². The standard InChI is InChI=1S/C11H10ClN3OS2.K/c12-8-1-2-9-7(5-8)3-4-15(9)6-10(16)13-14-11(17)18;/h1-5H,6H2,(H,13,16)(H2,14,17,18);/q;+1/p-1. The molecule has 8 heteroatoms. The molecular weight excluding hydrogens is 329 g/mol. The molecule has 1 N–H and O–H groups in total. The van der Waals surface area contributed by atoms with Gasteiger partial charge in [-0.05, 0) is 24.3 Å². The third kappa shape index (κ3) is 5.02. The number of halogens is 1. The Hall–Kier alpha value is 0.396. The summed E-state index contributed by atoms with van der Waals surface area (Å²) in [5, 5.41) is 16.8. The molecule has 0 saturated heterocycles. The van der Waals surface area contributed by atoms with Crippen molar-refractivity contribution in [3.63, 3.8) is 0 Å². The molecule has 0 aliphatic heterocycles. The maximum absolute atomic E-state index is 11.6.